The van der Waals surface area contributed by atoms with Gasteiger partial charge in [0.2, 0.25) is 0 Å². The van der Waals surface area contributed by atoms with Crippen LogP contribution in [0.3, 0.4) is 0 Å². The second kappa shape index (κ2) is 8.06. The predicted molar refractivity (Wildman–Crippen MR) is 101 cm³/mol. The number of nitrogens with zero attached hydrogens (tertiary/aromatic N) is 1. The third-order valence-electron chi connectivity index (χ3n) is 3.95. The van der Waals surface area contributed by atoms with E-state index in [1.807, 2.05) is 55.5 Å². The average Bonchev–Trinajstić information content (AvgIpc) is 2.90. The zero-order valence-electron chi connectivity index (χ0n) is 14.4. The lowest BCUT2D eigenvalue weighted by Crippen LogP contribution is -2.31. The molecular formula is C20H19ClN2O3. The molecule has 26 heavy (non-hydrogen) atoms. The molecule has 3 rings (SSSR count). The summed E-state index contributed by atoms with van der Waals surface area (Å²) in [6.45, 7) is 2.71. The largest absolute Gasteiger partial charge is 0.489 e. The van der Waals surface area contributed by atoms with Crippen LogP contribution in [0, 0.1) is 0 Å². The molecule has 0 aromatic heterocycles. The fraction of sp³-hybridized carbons (Fsp3) is 0.200. The minimum absolute atomic E-state index is 0.285. The summed E-state index contributed by atoms with van der Waals surface area (Å²) in [6, 6.07) is 14.4. The molecule has 1 heterocycles. The van der Waals surface area contributed by atoms with Crippen LogP contribution in [-0.4, -0.2) is 23.4 Å². The van der Waals surface area contributed by atoms with Crippen molar-refractivity contribution in [3.05, 3.63) is 70.4 Å². The molecule has 6 heteroatoms. The van der Waals surface area contributed by atoms with Crippen molar-refractivity contribution in [2.45, 2.75) is 20.0 Å². The zero-order valence-corrected chi connectivity index (χ0v) is 15.1. The van der Waals surface area contributed by atoms with Crippen molar-refractivity contribution < 1.29 is 14.3 Å². The van der Waals surface area contributed by atoms with E-state index >= 15 is 0 Å². The third kappa shape index (κ3) is 4.06. The molecule has 0 unspecified atom stereocenters. The van der Waals surface area contributed by atoms with Crippen molar-refractivity contribution >= 4 is 29.6 Å². The van der Waals surface area contributed by atoms with E-state index in [1.54, 1.807) is 6.08 Å². The second-order valence-corrected chi connectivity index (χ2v) is 6.30. The van der Waals surface area contributed by atoms with Gasteiger partial charge >= 0.3 is 6.03 Å². The molecule has 3 amide bonds. The Labute approximate surface area is 157 Å². The van der Waals surface area contributed by atoms with Crippen molar-refractivity contribution in [3.63, 3.8) is 0 Å². The van der Waals surface area contributed by atoms with Crippen molar-refractivity contribution in [3.8, 4) is 5.75 Å². The summed E-state index contributed by atoms with van der Waals surface area (Å²) in [5.74, 6) is 0.400. The van der Waals surface area contributed by atoms with Gasteiger partial charge in [0.1, 0.15) is 18.1 Å². The lowest BCUT2D eigenvalue weighted by Gasteiger charge is -2.09. The highest BCUT2D eigenvalue weighted by atomic mass is 35.5. The highest BCUT2D eigenvalue weighted by Crippen LogP contribution is 2.20. The molecule has 2 aromatic rings. The maximum Gasteiger partial charge on any atom is 0.329 e. The van der Waals surface area contributed by atoms with E-state index in [-0.39, 0.29) is 17.6 Å². The molecular weight excluding hydrogens is 352 g/mol. The Balaban J connectivity index is 1.65. The summed E-state index contributed by atoms with van der Waals surface area (Å²) < 4.78 is 5.73. The molecule has 134 valence electrons. The van der Waals surface area contributed by atoms with Crippen LogP contribution in [0.15, 0.2) is 54.2 Å². The van der Waals surface area contributed by atoms with Crippen LogP contribution in [0.4, 0.5) is 4.79 Å². The molecule has 1 saturated heterocycles. The van der Waals surface area contributed by atoms with E-state index < -0.39 is 0 Å². The number of hydrogen-bond donors (Lipinski definition) is 1. The number of ether oxygens (including phenoxy) is 1. The highest BCUT2D eigenvalue weighted by Gasteiger charge is 2.32. The van der Waals surface area contributed by atoms with Crippen LogP contribution in [0.1, 0.15) is 24.5 Å². The molecule has 0 bridgehead atoms. The van der Waals surface area contributed by atoms with Gasteiger partial charge < -0.3 is 10.1 Å². The Kier molecular flexibility index (Phi) is 5.58. The van der Waals surface area contributed by atoms with E-state index in [2.05, 4.69) is 5.32 Å². The van der Waals surface area contributed by atoms with E-state index in [1.165, 1.54) is 4.90 Å². The summed E-state index contributed by atoms with van der Waals surface area (Å²) >= 11 is 6.11. The summed E-state index contributed by atoms with van der Waals surface area (Å²) in [6.07, 6.45) is 2.39. The monoisotopic (exact) mass is 370 g/mol. The fourth-order valence-corrected chi connectivity index (χ4v) is 2.79. The molecule has 1 aliphatic rings. The lowest BCUT2D eigenvalue weighted by molar-refractivity contribution is -0.122. The normalized spacial score (nSPS) is 15.5. The van der Waals surface area contributed by atoms with Crippen molar-refractivity contribution in [1.82, 2.24) is 10.2 Å². The van der Waals surface area contributed by atoms with Gasteiger partial charge in [0, 0.05) is 17.1 Å². The summed E-state index contributed by atoms with van der Waals surface area (Å²) in [7, 11) is 0. The van der Waals surface area contributed by atoms with Crippen molar-refractivity contribution in [1.29, 1.82) is 0 Å². The SMILES string of the molecule is CCCN1C(=O)N/C(=C/c2ccc(OCc3ccccc3Cl)cc2)C1=O. The predicted octanol–water partition coefficient (Wildman–Crippen LogP) is 4.22. The molecule has 0 saturated carbocycles. The molecule has 5 nitrogen and oxygen atoms in total. The summed E-state index contributed by atoms with van der Waals surface area (Å²) in [4.78, 5) is 25.2. The molecule has 1 N–H and O–H groups in total. The standard InChI is InChI=1S/C20H19ClN2O3/c1-2-11-23-19(24)18(22-20(23)25)12-14-7-9-16(10-8-14)26-13-15-5-3-4-6-17(15)21/h3-10,12H,2,11,13H2,1H3,(H,22,25)/b18-12+. The van der Waals surface area contributed by atoms with Crippen molar-refractivity contribution in [2.75, 3.05) is 6.54 Å². The number of hydrogen-bond acceptors (Lipinski definition) is 3. The first kappa shape index (κ1) is 18.0. The number of amides is 3. The van der Waals surface area contributed by atoms with Gasteiger partial charge in [-0.15, -0.1) is 0 Å². The zero-order chi connectivity index (χ0) is 18.5. The molecule has 2 aromatic carbocycles. The number of nitrogens with one attached hydrogen (secondary N) is 1. The number of carbonyl (C=O) groups is 2. The van der Waals surface area contributed by atoms with Gasteiger partial charge in [0.25, 0.3) is 5.91 Å². The van der Waals surface area contributed by atoms with E-state index in [0.29, 0.717) is 23.9 Å². The first-order valence-corrected chi connectivity index (χ1v) is 8.77. The first-order valence-electron chi connectivity index (χ1n) is 8.39. The van der Waals surface area contributed by atoms with E-state index in [9.17, 15) is 9.59 Å². The Morgan fingerprint density at radius 2 is 1.85 bits per heavy atom. The van der Waals surface area contributed by atoms with Crippen LogP contribution in [0.25, 0.3) is 6.08 Å². The number of urea groups is 1. The fourth-order valence-electron chi connectivity index (χ4n) is 2.60. The number of benzene rings is 2. The average molecular weight is 371 g/mol. The van der Waals surface area contributed by atoms with Gasteiger partial charge in [-0.05, 0) is 36.3 Å². The van der Waals surface area contributed by atoms with E-state index in [0.717, 1.165) is 17.5 Å². The molecule has 0 radical (unpaired) electrons. The smallest absolute Gasteiger partial charge is 0.329 e. The number of carbonyl (C=O) groups excluding carboxylic acids is 2. The second-order valence-electron chi connectivity index (χ2n) is 5.89. The first-order chi connectivity index (χ1) is 12.6. The number of rotatable bonds is 6. The Bertz CT molecular complexity index is 846. The van der Waals surface area contributed by atoms with Crippen LogP contribution in [0.2, 0.25) is 5.02 Å². The Morgan fingerprint density at radius 1 is 1.12 bits per heavy atom. The third-order valence-corrected chi connectivity index (χ3v) is 4.32. The Hall–Kier alpha value is -2.79. The molecule has 0 aliphatic carbocycles. The minimum atomic E-state index is -0.372. The Morgan fingerprint density at radius 3 is 2.54 bits per heavy atom. The molecule has 0 spiro atoms. The van der Waals surface area contributed by atoms with Gasteiger partial charge in [-0.3, -0.25) is 9.69 Å². The number of halogens is 1. The van der Waals surface area contributed by atoms with Gasteiger partial charge in [0.15, 0.2) is 0 Å². The molecule has 1 aliphatic heterocycles. The van der Waals surface area contributed by atoms with Crippen LogP contribution in [0.5, 0.6) is 5.75 Å². The minimum Gasteiger partial charge on any atom is -0.489 e. The summed E-state index contributed by atoms with van der Waals surface area (Å²) in [5, 5.41) is 3.27. The lowest BCUT2D eigenvalue weighted by atomic mass is 10.2. The van der Waals surface area contributed by atoms with E-state index in [4.69, 9.17) is 16.3 Å². The van der Waals surface area contributed by atoms with Gasteiger partial charge in [0.05, 0.1) is 0 Å². The highest BCUT2D eigenvalue weighted by molar-refractivity contribution is 6.31. The maximum absolute atomic E-state index is 12.2. The van der Waals surface area contributed by atoms with Crippen LogP contribution in [-0.2, 0) is 11.4 Å². The van der Waals surface area contributed by atoms with Gasteiger partial charge in [-0.25, -0.2) is 4.79 Å². The van der Waals surface area contributed by atoms with Crippen LogP contribution >= 0.6 is 11.6 Å². The summed E-state index contributed by atoms with van der Waals surface area (Å²) in [5.41, 5.74) is 2.00. The van der Waals surface area contributed by atoms with Crippen LogP contribution < -0.4 is 10.1 Å². The maximum atomic E-state index is 12.2. The molecule has 0 atom stereocenters. The van der Waals surface area contributed by atoms with Gasteiger partial charge in [-0.2, -0.15) is 0 Å². The van der Waals surface area contributed by atoms with Crippen molar-refractivity contribution in [2.24, 2.45) is 0 Å². The van der Waals surface area contributed by atoms with Gasteiger partial charge in [-0.1, -0.05) is 48.9 Å². The molecule has 1 fully saturated rings. The quantitative estimate of drug-likeness (QED) is 0.611. The number of imide groups is 1. The topological polar surface area (TPSA) is 58.6 Å².